The summed E-state index contributed by atoms with van der Waals surface area (Å²) in [6, 6.07) is 10.7. The third-order valence-corrected chi connectivity index (χ3v) is 15.7. The Morgan fingerprint density at radius 2 is 0.912 bits per heavy atom. The molecule has 192 valence electrons. The fraction of sp³-hybridized carbons (Fsp3) is 0.600. The summed E-state index contributed by atoms with van der Waals surface area (Å²) < 4.78 is 39.0. The molecule has 0 aromatic heterocycles. The van der Waals surface area contributed by atoms with E-state index in [1.54, 1.807) is 0 Å². The van der Waals surface area contributed by atoms with E-state index in [4.69, 9.17) is 26.6 Å². The first-order chi connectivity index (χ1) is 16.2. The Hall–Kier alpha value is -0.889. The van der Waals surface area contributed by atoms with E-state index in [9.17, 15) is 0 Å². The first-order valence-electron chi connectivity index (χ1n) is 12.6. The van der Waals surface area contributed by atoms with Gasteiger partial charge in [-0.2, -0.15) is 0 Å². The van der Waals surface area contributed by atoms with Crippen LogP contribution in [0.1, 0.15) is 41.5 Å². The average Bonchev–Trinajstić information content (AvgIpc) is 2.78. The Balaban J connectivity index is 3.17. The van der Waals surface area contributed by atoms with E-state index in [2.05, 4.69) is 50.0 Å². The number of hydrogen-bond acceptors (Lipinski definition) is 6. The van der Waals surface area contributed by atoms with Gasteiger partial charge in [0.1, 0.15) is 0 Å². The van der Waals surface area contributed by atoms with E-state index in [0.717, 1.165) is 26.3 Å². The van der Waals surface area contributed by atoms with Crippen LogP contribution < -0.4 is 15.6 Å². The minimum atomic E-state index is -2.92. The second-order valence-corrected chi connectivity index (χ2v) is 17.3. The van der Waals surface area contributed by atoms with Crippen LogP contribution in [0.15, 0.2) is 30.3 Å². The molecule has 2 rings (SSSR count). The molecule has 0 heterocycles. The van der Waals surface area contributed by atoms with Crippen molar-refractivity contribution in [3.05, 3.63) is 30.3 Å². The second kappa shape index (κ2) is 12.9. The maximum Gasteiger partial charge on any atom is 0.369 e. The lowest BCUT2D eigenvalue weighted by molar-refractivity contribution is 0.196. The third-order valence-electron chi connectivity index (χ3n) is 5.97. The summed E-state index contributed by atoms with van der Waals surface area (Å²) in [6.45, 7) is 21.9. The van der Waals surface area contributed by atoms with Crippen molar-refractivity contribution in [3.63, 3.8) is 0 Å². The van der Waals surface area contributed by atoms with E-state index in [1.807, 2.05) is 41.5 Å². The normalized spacial score (nSPS) is 13.1. The molecule has 9 heteroatoms. The van der Waals surface area contributed by atoms with E-state index in [-0.39, 0.29) is 0 Å². The molecule has 0 fully saturated rings. The molecule has 0 spiro atoms. The van der Waals surface area contributed by atoms with Crippen molar-refractivity contribution in [2.75, 3.05) is 39.6 Å². The van der Waals surface area contributed by atoms with E-state index < -0.39 is 25.7 Å². The van der Waals surface area contributed by atoms with Crippen LogP contribution in [0, 0.1) is 0 Å². The van der Waals surface area contributed by atoms with Gasteiger partial charge in [-0.05, 0) is 77.1 Å². The van der Waals surface area contributed by atoms with Gasteiger partial charge in [0.15, 0.2) is 0 Å². The predicted octanol–water partition coefficient (Wildman–Crippen LogP) is 3.90. The first-order valence-corrected chi connectivity index (χ1v) is 19.6. The Bertz CT molecular complexity index is 905. The Kier molecular flexibility index (Phi) is 11.1. The molecule has 0 aliphatic carbocycles. The lowest BCUT2D eigenvalue weighted by Gasteiger charge is -2.39. The maximum atomic E-state index is 6.53. The van der Waals surface area contributed by atoms with Crippen molar-refractivity contribution in [1.29, 1.82) is 0 Å². The van der Waals surface area contributed by atoms with Crippen molar-refractivity contribution >= 4 is 52.0 Å². The molecule has 0 bridgehead atoms. The quantitative estimate of drug-likeness (QED) is 0.330. The second-order valence-electron chi connectivity index (χ2n) is 8.33. The number of fused-ring (bicyclic) bond motifs is 1. The zero-order valence-electron chi connectivity index (χ0n) is 22.6. The van der Waals surface area contributed by atoms with Crippen LogP contribution in [0.2, 0.25) is 19.6 Å². The lowest BCUT2D eigenvalue weighted by Crippen LogP contribution is -2.74. The van der Waals surface area contributed by atoms with Crippen molar-refractivity contribution in [3.8, 4) is 0 Å². The molecule has 34 heavy (non-hydrogen) atoms. The highest BCUT2D eigenvalue weighted by Gasteiger charge is 2.51. The van der Waals surface area contributed by atoms with Gasteiger partial charge in [0.25, 0.3) is 0 Å². The van der Waals surface area contributed by atoms with Crippen LogP contribution in [-0.4, -0.2) is 65.3 Å². The number of rotatable bonds is 15. The summed E-state index contributed by atoms with van der Waals surface area (Å²) in [5, 5.41) is 5.48. The fourth-order valence-electron chi connectivity index (χ4n) is 4.87. The summed E-state index contributed by atoms with van der Waals surface area (Å²) >= 11 is 0. The zero-order valence-corrected chi connectivity index (χ0v) is 25.6. The van der Waals surface area contributed by atoms with Crippen LogP contribution in [0.5, 0.6) is 0 Å². The Labute approximate surface area is 209 Å². The molecule has 0 aliphatic heterocycles. The number of hydrogen-bond donors (Lipinski definition) is 0. The van der Waals surface area contributed by atoms with Gasteiger partial charge in [-0.15, -0.1) is 0 Å². The van der Waals surface area contributed by atoms with Crippen LogP contribution in [-0.2, 0) is 26.6 Å². The van der Waals surface area contributed by atoms with Crippen molar-refractivity contribution in [2.24, 2.45) is 0 Å². The van der Waals surface area contributed by atoms with Crippen LogP contribution in [0.25, 0.3) is 10.8 Å². The monoisotopic (exact) mass is 524 g/mol. The molecule has 0 radical (unpaired) electrons. The highest BCUT2D eigenvalue weighted by molar-refractivity contribution is 6.97. The number of benzene rings is 2. The molecule has 2 aromatic carbocycles. The van der Waals surface area contributed by atoms with Crippen molar-refractivity contribution in [1.82, 2.24) is 0 Å². The Morgan fingerprint density at radius 1 is 0.529 bits per heavy atom. The third kappa shape index (κ3) is 6.08. The molecule has 0 N–H and O–H groups in total. The van der Waals surface area contributed by atoms with E-state index >= 15 is 0 Å². The Morgan fingerprint density at radius 3 is 1.35 bits per heavy atom. The van der Waals surface area contributed by atoms with Gasteiger partial charge in [-0.3, -0.25) is 0 Å². The SMILES string of the molecule is CCO[Si](C)(OCC)c1cc2ccccc2c([Si](C)(OCC)OCC)c1[Si](C)(OCC)OCC. The molecule has 6 nitrogen and oxygen atoms in total. The summed E-state index contributed by atoms with van der Waals surface area (Å²) in [5.74, 6) is 0. The molecular formula is C25H44O6Si3. The predicted molar refractivity (Wildman–Crippen MR) is 147 cm³/mol. The van der Waals surface area contributed by atoms with Gasteiger partial charge in [0, 0.05) is 50.0 Å². The van der Waals surface area contributed by atoms with Crippen LogP contribution >= 0.6 is 0 Å². The maximum absolute atomic E-state index is 6.53. The molecule has 0 unspecified atom stereocenters. The zero-order chi connectivity index (χ0) is 25.4. The first kappa shape index (κ1) is 29.3. The van der Waals surface area contributed by atoms with Gasteiger partial charge in [-0.1, -0.05) is 30.3 Å². The summed E-state index contributed by atoms with van der Waals surface area (Å²) in [4.78, 5) is 0. The minimum absolute atomic E-state index is 0.553. The van der Waals surface area contributed by atoms with Gasteiger partial charge in [-0.25, -0.2) is 0 Å². The molecule has 0 saturated carbocycles. The van der Waals surface area contributed by atoms with Gasteiger partial charge in [0.2, 0.25) is 0 Å². The van der Waals surface area contributed by atoms with Gasteiger partial charge in [0.05, 0.1) is 0 Å². The molecule has 0 amide bonds. The van der Waals surface area contributed by atoms with Gasteiger partial charge < -0.3 is 26.6 Å². The standard InChI is InChI=1S/C25H44O6Si3/c1-10-26-32(7,27-11-2)23-20-21-18-16-17-19-22(21)24(33(8,28-12-3)29-13-4)25(23)34(9,30-14-5)31-15-6/h16-20H,10-15H2,1-9H3. The minimum Gasteiger partial charge on any atom is -0.391 e. The van der Waals surface area contributed by atoms with Crippen LogP contribution in [0.3, 0.4) is 0 Å². The molecule has 0 atom stereocenters. The lowest BCUT2D eigenvalue weighted by atomic mass is 10.1. The van der Waals surface area contributed by atoms with E-state index in [0.29, 0.717) is 39.6 Å². The summed E-state index contributed by atoms with van der Waals surface area (Å²) in [6.07, 6.45) is 0. The average molecular weight is 525 g/mol. The van der Waals surface area contributed by atoms with Gasteiger partial charge >= 0.3 is 25.7 Å². The van der Waals surface area contributed by atoms with Crippen molar-refractivity contribution in [2.45, 2.75) is 61.2 Å². The molecular weight excluding hydrogens is 481 g/mol. The topological polar surface area (TPSA) is 55.4 Å². The molecule has 0 aliphatic rings. The molecule has 0 saturated heterocycles. The highest BCUT2D eigenvalue weighted by Crippen LogP contribution is 2.22. The summed E-state index contributed by atoms with van der Waals surface area (Å²) in [7, 11) is -8.62. The van der Waals surface area contributed by atoms with Crippen LogP contribution in [0.4, 0.5) is 0 Å². The smallest absolute Gasteiger partial charge is 0.369 e. The van der Waals surface area contributed by atoms with Crippen molar-refractivity contribution < 1.29 is 26.6 Å². The molecule has 2 aromatic rings. The highest BCUT2D eigenvalue weighted by atomic mass is 28.4. The van der Waals surface area contributed by atoms with E-state index in [1.165, 1.54) is 0 Å². The summed E-state index contributed by atoms with van der Waals surface area (Å²) in [5.41, 5.74) is 0. The largest absolute Gasteiger partial charge is 0.391 e. The fourth-order valence-corrected chi connectivity index (χ4v) is 15.6.